The maximum absolute atomic E-state index is 9.37. The van der Waals surface area contributed by atoms with Crippen LogP contribution < -0.4 is 10.1 Å². The van der Waals surface area contributed by atoms with Gasteiger partial charge in [-0.25, -0.2) is 4.98 Å². The molecule has 0 fully saturated rings. The van der Waals surface area contributed by atoms with Crippen LogP contribution in [0.15, 0.2) is 36.4 Å². The van der Waals surface area contributed by atoms with Crippen LogP contribution in [0.4, 0.5) is 5.69 Å². The number of aliphatic hydroxyl groups excluding tert-OH is 2. The second-order valence-corrected chi connectivity index (χ2v) is 5.79. The number of rotatable bonds is 9. The van der Waals surface area contributed by atoms with E-state index in [-0.39, 0.29) is 6.61 Å². The standard InChI is InChI=1S/C19H23N3O3/c1-14-7-8-16(11-20)19(22-14)25-9-3-5-15-4-2-6-17(10-15)21-12-18(24)13-23/h2,4,6-8,10,18,21,23-24H,3,5,9,12-13H2,1H3/t18-/m0/s1. The monoisotopic (exact) mass is 341 g/mol. The molecule has 0 saturated heterocycles. The quantitative estimate of drug-likeness (QED) is 0.604. The van der Waals surface area contributed by atoms with Gasteiger partial charge in [-0.2, -0.15) is 5.26 Å². The van der Waals surface area contributed by atoms with Gasteiger partial charge in [0.05, 0.1) is 19.3 Å². The molecule has 0 aliphatic carbocycles. The minimum atomic E-state index is -0.770. The van der Waals surface area contributed by atoms with Gasteiger partial charge in [0.15, 0.2) is 0 Å². The number of hydrogen-bond donors (Lipinski definition) is 3. The van der Waals surface area contributed by atoms with Crippen LogP contribution in [0, 0.1) is 18.3 Å². The van der Waals surface area contributed by atoms with E-state index in [0.717, 1.165) is 29.8 Å². The molecular formula is C19H23N3O3. The molecule has 1 atom stereocenters. The highest BCUT2D eigenvalue weighted by Crippen LogP contribution is 2.16. The summed E-state index contributed by atoms with van der Waals surface area (Å²) in [5.74, 6) is 0.385. The summed E-state index contributed by atoms with van der Waals surface area (Å²) >= 11 is 0. The molecule has 0 spiro atoms. The van der Waals surface area contributed by atoms with Gasteiger partial charge in [-0.15, -0.1) is 0 Å². The van der Waals surface area contributed by atoms with Crippen LogP contribution in [0.1, 0.15) is 23.2 Å². The van der Waals surface area contributed by atoms with Gasteiger partial charge in [0.25, 0.3) is 0 Å². The number of aliphatic hydroxyl groups is 2. The largest absolute Gasteiger partial charge is 0.477 e. The van der Waals surface area contributed by atoms with Gasteiger partial charge in [-0.05, 0) is 49.6 Å². The minimum absolute atomic E-state index is 0.262. The fourth-order valence-corrected chi connectivity index (χ4v) is 2.31. The van der Waals surface area contributed by atoms with Crippen molar-refractivity contribution in [3.8, 4) is 11.9 Å². The fourth-order valence-electron chi connectivity index (χ4n) is 2.31. The molecule has 2 rings (SSSR count). The zero-order chi connectivity index (χ0) is 18.1. The topological polar surface area (TPSA) is 98.4 Å². The summed E-state index contributed by atoms with van der Waals surface area (Å²) < 4.78 is 5.64. The Labute approximate surface area is 147 Å². The molecular weight excluding hydrogens is 318 g/mol. The van der Waals surface area contributed by atoms with Crippen molar-refractivity contribution in [3.05, 3.63) is 53.2 Å². The molecule has 0 bridgehead atoms. The molecule has 1 aromatic heterocycles. The molecule has 0 aliphatic heterocycles. The third-order valence-corrected chi connectivity index (χ3v) is 3.65. The molecule has 25 heavy (non-hydrogen) atoms. The first kappa shape index (κ1) is 18.7. The van der Waals surface area contributed by atoms with Crippen LogP contribution in [0.3, 0.4) is 0 Å². The van der Waals surface area contributed by atoms with Gasteiger partial charge in [-0.1, -0.05) is 12.1 Å². The number of nitriles is 1. The predicted octanol–water partition coefficient (Wildman–Crippen LogP) is 2.04. The number of pyridine rings is 1. The Bertz CT molecular complexity index is 728. The van der Waals surface area contributed by atoms with E-state index in [2.05, 4.69) is 16.4 Å². The first-order chi connectivity index (χ1) is 12.1. The van der Waals surface area contributed by atoms with Crippen LogP contribution in [0.25, 0.3) is 0 Å². The molecule has 132 valence electrons. The fraction of sp³-hybridized carbons (Fsp3) is 0.368. The molecule has 0 aliphatic rings. The number of aromatic nitrogens is 1. The van der Waals surface area contributed by atoms with Crippen molar-refractivity contribution < 1.29 is 14.9 Å². The summed E-state index contributed by atoms with van der Waals surface area (Å²) in [5.41, 5.74) is 3.31. The third-order valence-electron chi connectivity index (χ3n) is 3.65. The van der Waals surface area contributed by atoms with Gasteiger partial charge < -0.3 is 20.3 Å². The maximum atomic E-state index is 9.37. The molecule has 6 nitrogen and oxygen atoms in total. The van der Waals surface area contributed by atoms with Crippen molar-refractivity contribution in [2.24, 2.45) is 0 Å². The lowest BCUT2D eigenvalue weighted by atomic mass is 10.1. The Morgan fingerprint density at radius 2 is 2.16 bits per heavy atom. The number of hydrogen-bond acceptors (Lipinski definition) is 6. The van der Waals surface area contributed by atoms with Crippen molar-refractivity contribution >= 4 is 5.69 Å². The third kappa shape index (κ3) is 6.07. The SMILES string of the molecule is Cc1ccc(C#N)c(OCCCc2cccc(NC[C@H](O)CO)c2)n1. The van der Waals surface area contributed by atoms with E-state index in [1.54, 1.807) is 12.1 Å². The van der Waals surface area contributed by atoms with Gasteiger partial charge in [0.1, 0.15) is 11.6 Å². The normalized spacial score (nSPS) is 11.6. The first-order valence-electron chi connectivity index (χ1n) is 8.24. The predicted molar refractivity (Wildman–Crippen MR) is 95.5 cm³/mol. The van der Waals surface area contributed by atoms with Gasteiger partial charge in [0.2, 0.25) is 5.88 Å². The maximum Gasteiger partial charge on any atom is 0.231 e. The highest BCUT2D eigenvalue weighted by atomic mass is 16.5. The lowest BCUT2D eigenvalue weighted by Gasteiger charge is -2.11. The molecule has 6 heteroatoms. The average molecular weight is 341 g/mol. The Hall–Kier alpha value is -2.62. The highest BCUT2D eigenvalue weighted by Gasteiger charge is 2.06. The number of nitrogens with one attached hydrogen (secondary N) is 1. The van der Waals surface area contributed by atoms with Crippen molar-refractivity contribution in [1.82, 2.24) is 4.98 Å². The average Bonchev–Trinajstić information content (AvgIpc) is 2.63. The summed E-state index contributed by atoms with van der Waals surface area (Å²) in [6, 6.07) is 13.5. The van der Waals surface area contributed by atoms with E-state index >= 15 is 0 Å². The number of benzene rings is 1. The molecule has 2 aromatic rings. The summed E-state index contributed by atoms with van der Waals surface area (Å²) in [6.07, 6.45) is 0.850. The molecule has 0 unspecified atom stereocenters. The van der Waals surface area contributed by atoms with Crippen molar-refractivity contribution in [2.45, 2.75) is 25.9 Å². The van der Waals surface area contributed by atoms with Gasteiger partial charge in [0, 0.05) is 17.9 Å². The summed E-state index contributed by atoms with van der Waals surface area (Å²) in [4.78, 5) is 4.25. The summed E-state index contributed by atoms with van der Waals surface area (Å²) in [7, 11) is 0. The van der Waals surface area contributed by atoms with E-state index in [9.17, 15) is 5.11 Å². The Kier molecular flexibility index (Phi) is 7.20. The lowest BCUT2D eigenvalue weighted by Crippen LogP contribution is -2.22. The molecule has 0 radical (unpaired) electrons. The molecule has 0 saturated carbocycles. The van der Waals surface area contributed by atoms with Crippen molar-refractivity contribution in [2.75, 3.05) is 25.1 Å². The number of ether oxygens (including phenoxy) is 1. The highest BCUT2D eigenvalue weighted by molar-refractivity contribution is 5.45. The molecule has 3 N–H and O–H groups in total. The van der Waals surface area contributed by atoms with E-state index in [0.29, 0.717) is 24.6 Å². The number of nitrogens with zero attached hydrogens (tertiary/aromatic N) is 2. The molecule has 1 heterocycles. The molecule has 1 aromatic carbocycles. The van der Waals surface area contributed by atoms with Crippen LogP contribution >= 0.6 is 0 Å². The Morgan fingerprint density at radius 3 is 2.92 bits per heavy atom. The van der Waals surface area contributed by atoms with Crippen LogP contribution in [-0.4, -0.2) is 41.1 Å². The van der Waals surface area contributed by atoms with E-state index < -0.39 is 6.10 Å². The molecule has 0 amide bonds. The van der Waals surface area contributed by atoms with E-state index in [4.69, 9.17) is 15.1 Å². The second-order valence-electron chi connectivity index (χ2n) is 5.79. The van der Waals surface area contributed by atoms with Crippen LogP contribution in [0.5, 0.6) is 5.88 Å². The summed E-state index contributed by atoms with van der Waals surface area (Å²) in [5, 5.41) is 30.4. The minimum Gasteiger partial charge on any atom is -0.477 e. The number of aryl methyl sites for hydroxylation is 2. The first-order valence-corrected chi connectivity index (χ1v) is 8.24. The Balaban J connectivity index is 1.82. The number of anilines is 1. The Morgan fingerprint density at radius 1 is 1.32 bits per heavy atom. The zero-order valence-electron chi connectivity index (χ0n) is 14.3. The van der Waals surface area contributed by atoms with Crippen LogP contribution in [-0.2, 0) is 6.42 Å². The second kappa shape index (κ2) is 9.62. The van der Waals surface area contributed by atoms with Gasteiger partial charge >= 0.3 is 0 Å². The lowest BCUT2D eigenvalue weighted by molar-refractivity contribution is 0.105. The van der Waals surface area contributed by atoms with Crippen molar-refractivity contribution in [1.29, 1.82) is 5.26 Å². The van der Waals surface area contributed by atoms with Crippen molar-refractivity contribution in [3.63, 3.8) is 0 Å². The van der Waals surface area contributed by atoms with E-state index in [1.165, 1.54) is 0 Å². The van der Waals surface area contributed by atoms with E-state index in [1.807, 2.05) is 31.2 Å². The smallest absolute Gasteiger partial charge is 0.231 e. The summed E-state index contributed by atoms with van der Waals surface area (Å²) in [6.45, 7) is 2.38. The van der Waals surface area contributed by atoms with Gasteiger partial charge in [-0.3, -0.25) is 0 Å². The zero-order valence-corrected chi connectivity index (χ0v) is 14.3. The van der Waals surface area contributed by atoms with Crippen LogP contribution in [0.2, 0.25) is 0 Å².